The van der Waals surface area contributed by atoms with Crippen molar-refractivity contribution in [2.45, 2.75) is 50.0 Å². The van der Waals surface area contributed by atoms with Gasteiger partial charge >= 0.3 is 11.9 Å². The summed E-state index contributed by atoms with van der Waals surface area (Å²) >= 11 is 0. The van der Waals surface area contributed by atoms with Crippen LogP contribution in [0.1, 0.15) is 32.6 Å². The highest BCUT2D eigenvalue weighted by molar-refractivity contribution is 7.17. The summed E-state index contributed by atoms with van der Waals surface area (Å²) in [5, 5.41) is 0. The Labute approximate surface area is 101 Å². The smallest absolute Gasteiger partial charge is 0.381 e. The SMILES string of the molecule is C[C@H]1CC2CCC23C(C1)N3C(=O)OC(F)(F)P. The van der Waals surface area contributed by atoms with E-state index >= 15 is 0 Å². The van der Waals surface area contributed by atoms with E-state index in [1.807, 2.05) is 0 Å². The zero-order valence-electron chi connectivity index (χ0n) is 9.66. The van der Waals surface area contributed by atoms with Crippen LogP contribution >= 0.6 is 9.24 Å². The molecule has 0 aromatic rings. The molecule has 2 saturated carbocycles. The molecule has 0 radical (unpaired) electrons. The van der Waals surface area contributed by atoms with Crippen LogP contribution in [-0.4, -0.2) is 28.4 Å². The highest BCUT2D eigenvalue weighted by atomic mass is 31.0. The Kier molecular flexibility index (Phi) is 2.27. The van der Waals surface area contributed by atoms with Crippen molar-refractivity contribution in [3.05, 3.63) is 0 Å². The van der Waals surface area contributed by atoms with Crippen molar-refractivity contribution in [1.29, 1.82) is 0 Å². The minimum atomic E-state index is -3.45. The van der Waals surface area contributed by atoms with Gasteiger partial charge in [0.25, 0.3) is 0 Å². The Morgan fingerprint density at radius 2 is 2.24 bits per heavy atom. The third-order valence-electron chi connectivity index (χ3n) is 4.60. The first kappa shape index (κ1) is 11.6. The summed E-state index contributed by atoms with van der Waals surface area (Å²) in [6.07, 6.45) is 3.24. The molecule has 5 atom stereocenters. The van der Waals surface area contributed by atoms with Crippen LogP contribution in [0.3, 0.4) is 0 Å². The fraction of sp³-hybridized carbons (Fsp3) is 0.909. The van der Waals surface area contributed by atoms with Gasteiger partial charge in [0.1, 0.15) is 0 Å². The summed E-state index contributed by atoms with van der Waals surface area (Å²) in [5.41, 5.74) is -0.112. The van der Waals surface area contributed by atoms with Gasteiger partial charge in [0, 0.05) is 0 Å². The van der Waals surface area contributed by atoms with Gasteiger partial charge in [0.15, 0.2) is 0 Å². The number of amides is 1. The molecule has 3 aliphatic rings. The van der Waals surface area contributed by atoms with Crippen molar-refractivity contribution in [3.63, 3.8) is 0 Å². The third kappa shape index (κ3) is 1.58. The van der Waals surface area contributed by atoms with E-state index in [-0.39, 0.29) is 11.6 Å². The number of likely N-dealkylation sites (tertiary alicyclic amines) is 1. The molecule has 0 aromatic carbocycles. The van der Waals surface area contributed by atoms with Gasteiger partial charge in [-0.2, -0.15) is 8.78 Å². The maximum atomic E-state index is 12.6. The summed E-state index contributed by atoms with van der Waals surface area (Å²) in [7, 11) is 1.24. The number of carbonyl (C=O) groups excluding carboxylic acids is 1. The zero-order chi connectivity index (χ0) is 12.4. The molecular weight excluding hydrogens is 247 g/mol. The molecule has 0 aromatic heterocycles. The van der Waals surface area contributed by atoms with Crippen LogP contribution in [0.4, 0.5) is 13.6 Å². The number of halogens is 2. The summed E-state index contributed by atoms with van der Waals surface area (Å²) in [6.45, 7) is 2.16. The highest BCUT2D eigenvalue weighted by Gasteiger charge is 2.75. The second kappa shape index (κ2) is 3.31. The molecular formula is C11H16F2NO2P. The Balaban J connectivity index is 1.73. The van der Waals surface area contributed by atoms with Crippen molar-refractivity contribution in [2.24, 2.45) is 11.8 Å². The van der Waals surface area contributed by atoms with E-state index in [0.717, 1.165) is 25.7 Å². The van der Waals surface area contributed by atoms with Gasteiger partial charge in [-0.05, 0) is 46.8 Å². The number of ether oxygens (including phenoxy) is 1. The predicted molar refractivity (Wildman–Crippen MR) is 60.6 cm³/mol. The molecule has 0 bridgehead atoms. The lowest BCUT2D eigenvalue weighted by molar-refractivity contribution is -0.124. The van der Waals surface area contributed by atoms with Crippen molar-refractivity contribution in [3.8, 4) is 0 Å². The van der Waals surface area contributed by atoms with Crippen molar-refractivity contribution in [2.75, 3.05) is 0 Å². The second-order valence-electron chi connectivity index (χ2n) is 5.62. The predicted octanol–water partition coefficient (Wildman–Crippen LogP) is 2.81. The van der Waals surface area contributed by atoms with E-state index in [1.54, 1.807) is 4.90 Å². The fourth-order valence-corrected chi connectivity index (χ4v) is 3.97. The number of hydrogen-bond donors (Lipinski definition) is 0. The standard InChI is InChI=1S/C11H16F2NO2P/c1-6-4-7-2-3-10(7)8(5-6)14(10)9(15)16-11(12,13)17/h6-8H,2-5,17H2,1H3/t6-,7?,8?,10?,14?/m0/s1. The molecule has 1 saturated heterocycles. The molecule has 1 aliphatic heterocycles. The van der Waals surface area contributed by atoms with Crippen molar-refractivity contribution in [1.82, 2.24) is 4.90 Å². The third-order valence-corrected chi connectivity index (χ3v) is 4.72. The van der Waals surface area contributed by atoms with Crippen LogP contribution in [0, 0.1) is 11.8 Å². The first-order chi connectivity index (χ1) is 7.84. The highest BCUT2D eigenvalue weighted by Crippen LogP contribution is 2.65. The average Bonchev–Trinajstić information content (AvgIpc) is 2.80. The number of hydrogen-bond acceptors (Lipinski definition) is 2. The first-order valence-electron chi connectivity index (χ1n) is 6.03. The van der Waals surface area contributed by atoms with Gasteiger partial charge in [-0.1, -0.05) is 6.92 Å². The van der Waals surface area contributed by atoms with Crippen molar-refractivity contribution < 1.29 is 18.3 Å². The molecule has 3 nitrogen and oxygen atoms in total. The molecule has 1 spiro atoms. The van der Waals surface area contributed by atoms with E-state index < -0.39 is 11.9 Å². The largest absolute Gasteiger partial charge is 0.415 e. The zero-order valence-corrected chi connectivity index (χ0v) is 10.8. The molecule has 6 heteroatoms. The number of carbonyl (C=O) groups is 1. The van der Waals surface area contributed by atoms with E-state index in [1.165, 1.54) is 9.24 Å². The van der Waals surface area contributed by atoms with Gasteiger partial charge in [0.05, 0.1) is 11.6 Å². The van der Waals surface area contributed by atoms with Crippen molar-refractivity contribution >= 4 is 15.3 Å². The van der Waals surface area contributed by atoms with Gasteiger partial charge in [-0.3, -0.25) is 4.90 Å². The molecule has 2 aliphatic carbocycles. The second-order valence-corrected chi connectivity index (χ2v) is 6.29. The van der Waals surface area contributed by atoms with Crippen LogP contribution in [-0.2, 0) is 4.74 Å². The monoisotopic (exact) mass is 263 g/mol. The molecule has 17 heavy (non-hydrogen) atoms. The van der Waals surface area contributed by atoms with Crippen LogP contribution in [0.25, 0.3) is 0 Å². The molecule has 3 fully saturated rings. The maximum Gasteiger partial charge on any atom is 0.415 e. The molecule has 1 heterocycles. The summed E-state index contributed by atoms with van der Waals surface area (Å²) in [5.74, 6) is -2.38. The quantitative estimate of drug-likeness (QED) is 0.537. The van der Waals surface area contributed by atoms with Crippen LogP contribution in [0.5, 0.6) is 0 Å². The van der Waals surface area contributed by atoms with E-state index in [0.29, 0.717) is 11.8 Å². The average molecular weight is 263 g/mol. The Morgan fingerprint density at radius 3 is 2.76 bits per heavy atom. The van der Waals surface area contributed by atoms with Gasteiger partial charge in [0.2, 0.25) is 0 Å². The van der Waals surface area contributed by atoms with Crippen LogP contribution in [0.2, 0.25) is 0 Å². The molecule has 0 N–H and O–H groups in total. The molecule has 96 valence electrons. The minimum absolute atomic E-state index is 0.112. The Bertz CT molecular complexity index is 373. The number of alkyl halides is 2. The van der Waals surface area contributed by atoms with Crippen LogP contribution < -0.4 is 0 Å². The van der Waals surface area contributed by atoms with Gasteiger partial charge < -0.3 is 4.74 Å². The van der Waals surface area contributed by atoms with Crippen LogP contribution in [0.15, 0.2) is 0 Å². The summed E-state index contributed by atoms with van der Waals surface area (Å²) < 4.78 is 29.4. The summed E-state index contributed by atoms with van der Waals surface area (Å²) in [4.78, 5) is 13.2. The minimum Gasteiger partial charge on any atom is -0.381 e. The van der Waals surface area contributed by atoms with E-state index in [2.05, 4.69) is 11.7 Å². The molecule has 4 unspecified atom stereocenters. The van der Waals surface area contributed by atoms with Gasteiger partial charge in [-0.15, -0.1) is 0 Å². The fourth-order valence-electron chi connectivity index (χ4n) is 3.87. The number of nitrogens with zero attached hydrogens (tertiary/aromatic N) is 1. The maximum absolute atomic E-state index is 12.6. The van der Waals surface area contributed by atoms with E-state index in [4.69, 9.17) is 0 Å². The Morgan fingerprint density at radius 1 is 1.53 bits per heavy atom. The summed E-state index contributed by atoms with van der Waals surface area (Å²) in [6, 6.07) is 0.143. The topological polar surface area (TPSA) is 29.3 Å². The number of rotatable bonds is 1. The normalized spacial score (nSPS) is 43.3. The Hall–Kier alpha value is -0.440. The first-order valence-corrected chi connectivity index (χ1v) is 6.61. The van der Waals surface area contributed by atoms with E-state index in [9.17, 15) is 13.6 Å². The molecule has 1 amide bonds. The lowest BCUT2D eigenvalue weighted by Gasteiger charge is -2.41. The lowest BCUT2D eigenvalue weighted by Crippen LogP contribution is -2.44. The van der Waals surface area contributed by atoms with Gasteiger partial charge in [-0.25, -0.2) is 4.79 Å². The lowest BCUT2D eigenvalue weighted by atomic mass is 9.62. The molecule has 3 rings (SSSR count).